The van der Waals surface area contributed by atoms with Gasteiger partial charge < -0.3 is 10.1 Å². The summed E-state index contributed by atoms with van der Waals surface area (Å²) in [6.45, 7) is 2.18. The van der Waals surface area contributed by atoms with E-state index in [2.05, 4.69) is 10.3 Å². The summed E-state index contributed by atoms with van der Waals surface area (Å²) in [5.74, 6) is 0.486. The fraction of sp³-hybridized carbons (Fsp3) is 0.250. The van der Waals surface area contributed by atoms with Crippen molar-refractivity contribution in [3.8, 4) is 0 Å². The summed E-state index contributed by atoms with van der Waals surface area (Å²) in [5, 5.41) is 3.21. The van der Waals surface area contributed by atoms with Crippen LogP contribution >= 0.6 is 0 Å². The summed E-state index contributed by atoms with van der Waals surface area (Å²) in [4.78, 5) is 16.5. The lowest BCUT2D eigenvalue weighted by Crippen LogP contribution is -2.23. The predicted octanol–water partition coefficient (Wildman–Crippen LogP) is 2.70. The molecule has 20 heavy (non-hydrogen) atoms. The first-order valence-electron chi connectivity index (χ1n) is 6.74. The third kappa shape index (κ3) is 2.25. The van der Waals surface area contributed by atoms with Crippen LogP contribution in [0, 0.1) is 0 Å². The number of benzene rings is 1. The zero-order valence-corrected chi connectivity index (χ0v) is 11.3. The highest BCUT2D eigenvalue weighted by atomic mass is 16.5. The molecule has 0 saturated heterocycles. The summed E-state index contributed by atoms with van der Waals surface area (Å²) < 4.78 is 5.18. The Balaban J connectivity index is 2.08. The molecule has 0 bridgehead atoms. The summed E-state index contributed by atoms with van der Waals surface area (Å²) in [5.41, 5.74) is 3.18. The Hall–Kier alpha value is -2.36. The number of rotatable bonds is 2. The van der Waals surface area contributed by atoms with E-state index >= 15 is 0 Å². The van der Waals surface area contributed by atoms with Crippen molar-refractivity contribution in [3.05, 3.63) is 59.3 Å². The summed E-state index contributed by atoms with van der Waals surface area (Å²) in [6, 6.07) is 11.4. The summed E-state index contributed by atoms with van der Waals surface area (Å²) in [6.07, 6.45) is 2.49. The number of esters is 1. The maximum absolute atomic E-state index is 12.2. The lowest BCUT2D eigenvalue weighted by atomic mass is 9.98. The van der Waals surface area contributed by atoms with Gasteiger partial charge in [-0.25, -0.2) is 9.78 Å². The number of fused-ring (bicyclic) bond motifs is 2. The molecular weight excluding hydrogens is 252 g/mol. The van der Waals surface area contributed by atoms with Crippen LogP contribution in [0.15, 0.2) is 42.6 Å². The molecule has 3 rings (SSSR count). The van der Waals surface area contributed by atoms with Crippen molar-refractivity contribution < 1.29 is 9.53 Å². The number of anilines is 1. The molecule has 102 valence electrons. The van der Waals surface area contributed by atoms with Crippen LogP contribution in [0.1, 0.15) is 29.7 Å². The van der Waals surface area contributed by atoms with Crippen molar-refractivity contribution in [3.63, 3.8) is 0 Å². The fourth-order valence-electron chi connectivity index (χ4n) is 2.52. The number of hydrogen-bond acceptors (Lipinski definition) is 4. The molecule has 4 heteroatoms. The lowest BCUT2D eigenvalue weighted by molar-refractivity contribution is -0.144. The van der Waals surface area contributed by atoms with Gasteiger partial charge >= 0.3 is 5.97 Å². The van der Waals surface area contributed by atoms with Crippen LogP contribution in [0.2, 0.25) is 0 Å². The van der Waals surface area contributed by atoms with E-state index in [4.69, 9.17) is 4.74 Å². The first-order valence-corrected chi connectivity index (χ1v) is 6.74. The second-order valence-corrected chi connectivity index (χ2v) is 4.72. The molecule has 0 fully saturated rings. The Morgan fingerprint density at radius 3 is 2.95 bits per heavy atom. The molecule has 1 aromatic heterocycles. The van der Waals surface area contributed by atoms with Crippen LogP contribution in [0.3, 0.4) is 0 Å². The minimum Gasteiger partial charge on any atom is -0.464 e. The summed E-state index contributed by atoms with van der Waals surface area (Å²) >= 11 is 0. The highest BCUT2D eigenvalue weighted by Crippen LogP contribution is 2.31. The van der Waals surface area contributed by atoms with Gasteiger partial charge in [0.25, 0.3) is 0 Å². The quantitative estimate of drug-likeness (QED) is 0.851. The minimum atomic E-state index is -0.498. The van der Waals surface area contributed by atoms with Gasteiger partial charge in [-0.3, -0.25) is 0 Å². The Labute approximate surface area is 117 Å². The van der Waals surface area contributed by atoms with E-state index in [0.29, 0.717) is 6.61 Å². The first kappa shape index (κ1) is 12.7. The average molecular weight is 268 g/mol. The van der Waals surface area contributed by atoms with Crippen LogP contribution in [-0.4, -0.2) is 17.6 Å². The Morgan fingerprint density at radius 2 is 2.10 bits per heavy atom. The van der Waals surface area contributed by atoms with Crippen molar-refractivity contribution >= 4 is 11.8 Å². The van der Waals surface area contributed by atoms with Gasteiger partial charge in [-0.2, -0.15) is 0 Å². The zero-order valence-electron chi connectivity index (χ0n) is 11.3. The maximum atomic E-state index is 12.2. The number of nitrogens with one attached hydrogen (secondary N) is 1. The van der Waals surface area contributed by atoms with Gasteiger partial charge in [-0.05, 0) is 29.7 Å². The maximum Gasteiger partial charge on any atom is 0.333 e. The van der Waals surface area contributed by atoms with Crippen molar-refractivity contribution in [1.82, 2.24) is 4.98 Å². The van der Waals surface area contributed by atoms with Crippen molar-refractivity contribution in [1.29, 1.82) is 0 Å². The molecule has 1 atom stereocenters. The highest BCUT2D eigenvalue weighted by Gasteiger charge is 2.28. The molecule has 1 N–H and O–H groups in total. The van der Waals surface area contributed by atoms with E-state index < -0.39 is 6.04 Å². The molecule has 4 nitrogen and oxygen atoms in total. The molecular formula is C16H16N2O2. The Kier molecular flexibility index (Phi) is 3.37. The van der Waals surface area contributed by atoms with Gasteiger partial charge in [0.2, 0.25) is 0 Å². The molecule has 1 aromatic carbocycles. The molecule has 2 heterocycles. The predicted molar refractivity (Wildman–Crippen MR) is 76.5 cm³/mol. The normalized spacial score (nSPS) is 16.4. The largest absolute Gasteiger partial charge is 0.464 e. The van der Waals surface area contributed by atoms with Gasteiger partial charge in [0, 0.05) is 12.6 Å². The van der Waals surface area contributed by atoms with E-state index in [1.54, 1.807) is 6.20 Å². The van der Waals surface area contributed by atoms with Crippen LogP contribution in [0.5, 0.6) is 0 Å². The molecule has 0 saturated carbocycles. The molecule has 0 amide bonds. The van der Waals surface area contributed by atoms with E-state index in [1.165, 1.54) is 0 Å². The summed E-state index contributed by atoms with van der Waals surface area (Å²) in [7, 11) is 0. The third-order valence-corrected chi connectivity index (χ3v) is 3.44. The fourth-order valence-corrected chi connectivity index (χ4v) is 2.52. The molecule has 0 unspecified atom stereocenters. The number of hydrogen-bond donors (Lipinski definition) is 1. The highest BCUT2D eigenvalue weighted by molar-refractivity contribution is 5.82. The molecule has 0 aliphatic carbocycles. The van der Waals surface area contributed by atoms with Crippen molar-refractivity contribution in [2.75, 3.05) is 11.9 Å². The Morgan fingerprint density at radius 1 is 1.30 bits per heavy atom. The SMILES string of the molecule is CCOC(=O)[C@H]1Nc2ncccc2Cc2ccccc21. The van der Waals surface area contributed by atoms with Crippen LogP contribution in [0.4, 0.5) is 5.82 Å². The number of carbonyl (C=O) groups is 1. The first-order chi connectivity index (χ1) is 9.79. The molecule has 0 spiro atoms. The van der Waals surface area contributed by atoms with E-state index in [9.17, 15) is 4.79 Å². The molecule has 1 aliphatic rings. The third-order valence-electron chi connectivity index (χ3n) is 3.44. The topological polar surface area (TPSA) is 51.2 Å². The number of aromatic nitrogens is 1. The van der Waals surface area contributed by atoms with E-state index in [1.807, 2.05) is 43.3 Å². The van der Waals surface area contributed by atoms with Gasteiger partial charge in [-0.15, -0.1) is 0 Å². The van der Waals surface area contributed by atoms with Crippen molar-refractivity contribution in [2.24, 2.45) is 0 Å². The number of pyridine rings is 1. The lowest BCUT2D eigenvalue weighted by Gasteiger charge is -2.18. The second-order valence-electron chi connectivity index (χ2n) is 4.72. The van der Waals surface area contributed by atoms with Crippen molar-refractivity contribution in [2.45, 2.75) is 19.4 Å². The average Bonchev–Trinajstić information content (AvgIpc) is 2.64. The van der Waals surface area contributed by atoms with E-state index in [-0.39, 0.29) is 5.97 Å². The van der Waals surface area contributed by atoms with Gasteiger partial charge in [0.05, 0.1) is 6.61 Å². The van der Waals surface area contributed by atoms with Crippen LogP contribution in [0.25, 0.3) is 0 Å². The second kappa shape index (κ2) is 5.33. The molecule has 2 aromatic rings. The minimum absolute atomic E-state index is 0.265. The molecule has 1 aliphatic heterocycles. The van der Waals surface area contributed by atoms with E-state index in [0.717, 1.165) is 28.9 Å². The van der Waals surface area contributed by atoms with Gasteiger partial charge in [0.15, 0.2) is 6.04 Å². The number of ether oxygens (including phenoxy) is 1. The number of nitrogens with zero attached hydrogens (tertiary/aromatic N) is 1. The smallest absolute Gasteiger partial charge is 0.333 e. The number of carbonyl (C=O) groups excluding carboxylic acids is 1. The van der Waals surface area contributed by atoms with Crippen LogP contribution in [-0.2, 0) is 16.0 Å². The Bertz CT molecular complexity index is 640. The van der Waals surface area contributed by atoms with Gasteiger partial charge in [0.1, 0.15) is 5.82 Å². The van der Waals surface area contributed by atoms with Gasteiger partial charge in [-0.1, -0.05) is 30.3 Å². The molecule has 0 radical (unpaired) electrons. The zero-order chi connectivity index (χ0) is 13.9. The van der Waals surface area contributed by atoms with Crippen LogP contribution < -0.4 is 5.32 Å². The standard InChI is InChI=1S/C16H16N2O2/c1-2-20-16(19)14-13-8-4-3-6-11(13)10-12-7-5-9-17-15(12)18-14/h3-9,14H,2,10H2,1H3,(H,17,18)/t14-/m0/s1. The monoisotopic (exact) mass is 268 g/mol.